The van der Waals surface area contributed by atoms with Gasteiger partial charge in [0.1, 0.15) is 11.2 Å². The van der Waals surface area contributed by atoms with Crippen LogP contribution in [0, 0.1) is 0 Å². The van der Waals surface area contributed by atoms with E-state index in [4.69, 9.17) is 19.4 Å². The fourth-order valence-corrected chi connectivity index (χ4v) is 7.04. The molecule has 0 spiro atoms. The van der Waals surface area contributed by atoms with Crippen molar-refractivity contribution in [2.24, 2.45) is 0 Å². The van der Waals surface area contributed by atoms with E-state index in [0.717, 1.165) is 55.3 Å². The van der Waals surface area contributed by atoms with Gasteiger partial charge in [-0.15, -0.1) is 0 Å². The zero-order valence-corrected chi connectivity index (χ0v) is 26.9. The van der Waals surface area contributed by atoms with Crippen LogP contribution in [0.25, 0.3) is 94.7 Å². The fraction of sp³-hybridized carbons (Fsp3) is 0. The van der Waals surface area contributed by atoms with Gasteiger partial charge in [-0.3, -0.25) is 0 Å². The molecule has 0 saturated carbocycles. The Balaban J connectivity index is 1.14. The minimum Gasteiger partial charge on any atom is -0.456 e. The largest absolute Gasteiger partial charge is 0.456 e. The highest BCUT2D eigenvalue weighted by molar-refractivity contribution is 6.11. The second kappa shape index (κ2) is 11.4. The Morgan fingerprint density at radius 2 is 0.840 bits per heavy atom. The SMILES string of the molecule is c1ccc(-c2ccc3c(c2)c2ccccc2n3-c2ccc3oc4ccc(-c5nc(-c6ccccc6)nc(-c6ccccc6)n5)cc4c3c2)cc1. The summed E-state index contributed by atoms with van der Waals surface area (Å²) in [4.78, 5) is 14.8. The number of hydrogen-bond acceptors (Lipinski definition) is 4. The zero-order valence-electron chi connectivity index (χ0n) is 26.9. The molecular formula is C45H28N4O. The van der Waals surface area contributed by atoms with Gasteiger partial charge in [0.05, 0.1) is 11.0 Å². The second-order valence-electron chi connectivity index (χ2n) is 12.5. The second-order valence-corrected chi connectivity index (χ2v) is 12.5. The van der Waals surface area contributed by atoms with Gasteiger partial charge in [0, 0.05) is 43.9 Å². The molecule has 234 valence electrons. The van der Waals surface area contributed by atoms with Gasteiger partial charge < -0.3 is 8.98 Å². The van der Waals surface area contributed by atoms with Gasteiger partial charge in [0.2, 0.25) is 0 Å². The van der Waals surface area contributed by atoms with Gasteiger partial charge in [0.25, 0.3) is 0 Å². The highest BCUT2D eigenvalue weighted by Crippen LogP contribution is 2.38. The van der Waals surface area contributed by atoms with Crippen molar-refractivity contribution in [2.45, 2.75) is 0 Å². The lowest BCUT2D eigenvalue weighted by molar-refractivity contribution is 0.669. The molecular weight excluding hydrogens is 613 g/mol. The Bertz CT molecular complexity index is 2800. The predicted octanol–water partition coefficient (Wildman–Crippen LogP) is 11.5. The Kier molecular flexibility index (Phi) is 6.42. The van der Waals surface area contributed by atoms with Gasteiger partial charge in [0.15, 0.2) is 17.5 Å². The molecule has 50 heavy (non-hydrogen) atoms. The van der Waals surface area contributed by atoms with Crippen molar-refractivity contribution in [3.05, 3.63) is 170 Å². The van der Waals surface area contributed by atoms with Crippen LogP contribution in [0.15, 0.2) is 174 Å². The molecule has 7 aromatic carbocycles. The van der Waals surface area contributed by atoms with Crippen LogP contribution < -0.4 is 0 Å². The summed E-state index contributed by atoms with van der Waals surface area (Å²) in [5, 5.41) is 4.49. The first-order valence-electron chi connectivity index (χ1n) is 16.7. The third-order valence-electron chi connectivity index (χ3n) is 9.45. The summed E-state index contributed by atoms with van der Waals surface area (Å²) >= 11 is 0. The van der Waals surface area contributed by atoms with Crippen LogP contribution in [0.3, 0.4) is 0 Å². The van der Waals surface area contributed by atoms with Crippen LogP contribution in [-0.2, 0) is 0 Å². The predicted molar refractivity (Wildman–Crippen MR) is 203 cm³/mol. The van der Waals surface area contributed by atoms with E-state index in [2.05, 4.69) is 102 Å². The third-order valence-corrected chi connectivity index (χ3v) is 9.45. The molecule has 3 aromatic heterocycles. The number of hydrogen-bond donors (Lipinski definition) is 0. The van der Waals surface area contributed by atoms with Crippen molar-refractivity contribution >= 4 is 43.7 Å². The van der Waals surface area contributed by atoms with Crippen LogP contribution in [-0.4, -0.2) is 19.5 Å². The molecule has 5 heteroatoms. The first kappa shape index (κ1) is 28.2. The standard InChI is InChI=1S/C45H28N4O/c1-4-12-29(13-5-1)32-20-23-40-36(26-32)35-18-10-11-19-39(35)49(40)34-22-25-42-38(28-34)37-27-33(21-24-41(37)50-42)45-47-43(30-14-6-2-7-15-30)46-44(48-45)31-16-8-3-9-17-31/h1-28H. The van der Waals surface area contributed by atoms with Crippen LogP contribution in [0.2, 0.25) is 0 Å². The topological polar surface area (TPSA) is 56.7 Å². The quantitative estimate of drug-likeness (QED) is 0.188. The molecule has 0 aliphatic rings. The number of benzene rings is 7. The molecule has 10 rings (SSSR count). The molecule has 0 N–H and O–H groups in total. The van der Waals surface area contributed by atoms with E-state index in [1.165, 1.54) is 21.9 Å². The fourth-order valence-electron chi connectivity index (χ4n) is 7.04. The first-order valence-corrected chi connectivity index (χ1v) is 16.7. The number of nitrogens with zero attached hydrogens (tertiary/aromatic N) is 4. The summed E-state index contributed by atoms with van der Waals surface area (Å²) in [6.07, 6.45) is 0. The highest BCUT2D eigenvalue weighted by atomic mass is 16.3. The van der Waals surface area contributed by atoms with Crippen molar-refractivity contribution in [3.8, 4) is 51.0 Å². The van der Waals surface area contributed by atoms with E-state index in [-0.39, 0.29) is 0 Å². The average molecular weight is 641 g/mol. The maximum atomic E-state index is 6.38. The molecule has 0 saturated heterocycles. The molecule has 10 aromatic rings. The summed E-state index contributed by atoms with van der Waals surface area (Å²) in [5.41, 5.74) is 10.2. The van der Waals surface area contributed by atoms with Crippen molar-refractivity contribution in [3.63, 3.8) is 0 Å². The summed E-state index contributed by atoms with van der Waals surface area (Å²) in [5.74, 6) is 1.88. The van der Waals surface area contributed by atoms with Gasteiger partial charge in [-0.1, -0.05) is 115 Å². The van der Waals surface area contributed by atoms with E-state index in [1.54, 1.807) is 0 Å². The molecule has 0 aliphatic heterocycles. The Morgan fingerprint density at radius 1 is 0.340 bits per heavy atom. The van der Waals surface area contributed by atoms with E-state index in [9.17, 15) is 0 Å². The van der Waals surface area contributed by atoms with Crippen molar-refractivity contribution < 1.29 is 4.42 Å². The normalized spacial score (nSPS) is 11.6. The van der Waals surface area contributed by atoms with E-state index in [1.807, 2.05) is 72.8 Å². The van der Waals surface area contributed by atoms with Crippen LogP contribution in [0.5, 0.6) is 0 Å². The summed E-state index contributed by atoms with van der Waals surface area (Å²) in [6.45, 7) is 0. The van der Waals surface area contributed by atoms with Crippen molar-refractivity contribution in [2.75, 3.05) is 0 Å². The molecule has 0 amide bonds. The minimum atomic E-state index is 0.613. The number of furan rings is 1. The van der Waals surface area contributed by atoms with Crippen molar-refractivity contribution in [1.29, 1.82) is 0 Å². The molecule has 0 unspecified atom stereocenters. The Hall–Kier alpha value is -6.85. The lowest BCUT2D eigenvalue weighted by Crippen LogP contribution is -2.00. The average Bonchev–Trinajstić information content (AvgIpc) is 3.73. The van der Waals surface area contributed by atoms with Gasteiger partial charge in [-0.05, 0) is 65.7 Å². The van der Waals surface area contributed by atoms with Crippen molar-refractivity contribution in [1.82, 2.24) is 19.5 Å². The van der Waals surface area contributed by atoms with Gasteiger partial charge in [-0.25, -0.2) is 15.0 Å². The summed E-state index contributed by atoms with van der Waals surface area (Å²) in [6, 6.07) is 58.7. The Labute approximate surface area is 287 Å². The number of fused-ring (bicyclic) bond motifs is 6. The molecule has 0 bridgehead atoms. The molecule has 0 fully saturated rings. The number of aromatic nitrogens is 4. The maximum absolute atomic E-state index is 6.38. The molecule has 0 radical (unpaired) electrons. The van der Waals surface area contributed by atoms with Gasteiger partial charge in [-0.2, -0.15) is 0 Å². The monoisotopic (exact) mass is 640 g/mol. The zero-order chi connectivity index (χ0) is 33.0. The van der Waals surface area contributed by atoms with E-state index < -0.39 is 0 Å². The molecule has 3 heterocycles. The van der Waals surface area contributed by atoms with E-state index >= 15 is 0 Å². The minimum absolute atomic E-state index is 0.613. The number of para-hydroxylation sites is 1. The summed E-state index contributed by atoms with van der Waals surface area (Å²) in [7, 11) is 0. The first-order chi connectivity index (χ1) is 24.8. The summed E-state index contributed by atoms with van der Waals surface area (Å²) < 4.78 is 8.73. The van der Waals surface area contributed by atoms with Gasteiger partial charge >= 0.3 is 0 Å². The highest BCUT2D eigenvalue weighted by Gasteiger charge is 2.17. The van der Waals surface area contributed by atoms with Crippen LogP contribution in [0.4, 0.5) is 0 Å². The van der Waals surface area contributed by atoms with Crippen LogP contribution in [0.1, 0.15) is 0 Å². The van der Waals surface area contributed by atoms with Crippen LogP contribution >= 0.6 is 0 Å². The molecule has 5 nitrogen and oxygen atoms in total. The molecule has 0 atom stereocenters. The molecule has 0 aliphatic carbocycles. The third kappa shape index (κ3) is 4.67. The maximum Gasteiger partial charge on any atom is 0.164 e. The number of rotatable bonds is 5. The van der Waals surface area contributed by atoms with E-state index in [0.29, 0.717) is 17.5 Å². The smallest absolute Gasteiger partial charge is 0.164 e. The lowest BCUT2D eigenvalue weighted by atomic mass is 10.0. The Morgan fingerprint density at radius 3 is 1.52 bits per heavy atom. The lowest BCUT2D eigenvalue weighted by Gasteiger charge is -2.09.